The van der Waals surface area contributed by atoms with E-state index in [-0.39, 0.29) is 12.0 Å². The first-order valence-electron chi connectivity index (χ1n) is 11.3. The average molecular weight is 470 g/mol. The topological polar surface area (TPSA) is 105 Å². The minimum Gasteiger partial charge on any atom is -0.467 e. The molecule has 9 nitrogen and oxygen atoms in total. The molecule has 0 bridgehead atoms. The fourth-order valence-electron chi connectivity index (χ4n) is 4.16. The number of hydrogen-bond donors (Lipinski definition) is 1. The third-order valence-electron chi connectivity index (χ3n) is 6.15. The lowest BCUT2D eigenvalue weighted by molar-refractivity contribution is 0.150. The van der Waals surface area contributed by atoms with E-state index in [2.05, 4.69) is 46.0 Å². The van der Waals surface area contributed by atoms with Crippen molar-refractivity contribution < 1.29 is 19.2 Å². The van der Waals surface area contributed by atoms with Gasteiger partial charge in [-0.3, -0.25) is 0 Å². The predicted molar refractivity (Wildman–Crippen MR) is 126 cm³/mol. The number of ether oxygens (including phenoxy) is 1. The van der Waals surface area contributed by atoms with E-state index in [1.165, 1.54) is 10.5 Å². The highest BCUT2D eigenvalue weighted by Crippen LogP contribution is 2.33. The van der Waals surface area contributed by atoms with Crippen LogP contribution >= 0.6 is 11.3 Å². The van der Waals surface area contributed by atoms with Gasteiger partial charge in [0.15, 0.2) is 5.82 Å². The number of thiazole rings is 1. The molecule has 10 heteroatoms. The van der Waals surface area contributed by atoms with Crippen LogP contribution in [0, 0.1) is 0 Å². The normalized spacial score (nSPS) is 17.6. The van der Waals surface area contributed by atoms with Crippen LogP contribution in [0.25, 0.3) is 15.8 Å². The highest BCUT2D eigenvalue weighted by molar-refractivity contribution is 7.20. The molecule has 3 aromatic rings. The number of fused-ring (bicyclic) bond motifs is 1. The highest BCUT2D eigenvalue weighted by Gasteiger charge is 2.25. The maximum atomic E-state index is 11.1. The van der Waals surface area contributed by atoms with E-state index in [9.17, 15) is 4.79 Å². The van der Waals surface area contributed by atoms with Crippen LogP contribution in [-0.2, 0) is 0 Å². The molecule has 2 aliphatic rings. The summed E-state index contributed by atoms with van der Waals surface area (Å²) in [5, 5.41) is 13.9. The summed E-state index contributed by atoms with van der Waals surface area (Å²) < 4.78 is 12.7. The number of anilines is 1. The Bertz CT molecular complexity index is 1180. The maximum Gasteiger partial charge on any atom is 0.407 e. The molecule has 1 amide bonds. The number of piperidine rings is 1. The van der Waals surface area contributed by atoms with Crippen molar-refractivity contribution in [3.8, 4) is 5.19 Å². The lowest BCUT2D eigenvalue weighted by Gasteiger charge is -2.29. The zero-order valence-electron chi connectivity index (χ0n) is 18.7. The summed E-state index contributed by atoms with van der Waals surface area (Å²) in [7, 11) is 0. The largest absolute Gasteiger partial charge is 0.467 e. The van der Waals surface area contributed by atoms with Gasteiger partial charge in [0.25, 0.3) is 5.19 Å². The van der Waals surface area contributed by atoms with Gasteiger partial charge < -0.3 is 24.2 Å². The first-order valence-corrected chi connectivity index (χ1v) is 12.1. The predicted octanol–water partition coefficient (Wildman–Crippen LogP) is 4.62. The van der Waals surface area contributed by atoms with Crippen molar-refractivity contribution in [1.82, 2.24) is 20.0 Å². The molecule has 0 atom stereocenters. The van der Waals surface area contributed by atoms with Crippen molar-refractivity contribution in [1.29, 1.82) is 0 Å². The van der Waals surface area contributed by atoms with E-state index in [1.54, 1.807) is 11.3 Å². The Kier molecular flexibility index (Phi) is 5.92. The number of carboxylic acid groups (broad SMARTS) is 1. The number of nitrogens with zero attached hydrogens (tertiary/aromatic N) is 5. The Labute approximate surface area is 195 Å². The fraction of sp³-hybridized carbons (Fsp3) is 0.478. The molecule has 2 aromatic heterocycles. The van der Waals surface area contributed by atoms with Gasteiger partial charge in [-0.2, -0.15) is 4.98 Å². The SMILES string of the molecule is CC(C)c1noc(N2CCC(Oc3nc4ccc(C5=CCN(C(=O)O)CC5)cc4s3)CC2)n1. The molecule has 1 N–H and O–H groups in total. The Morgan fingerprint density at radius 3 is 2.73 bits per heavy atom. The second-order valence-corrected chi connectivity index (χ2v) is 9.76. The summed E-state index contributed by atoms with van der Waals surface area (Å²) in [6, 6.07) is 6.80. The summed E-state index contributed by atoms with van der Waals surface area (Å²) in [6.45, 7) is 6.67. The van der Waals surface area contributed by atoms with E-state index in [0.29, 0.717) is 24.3 Å². The third-order valence-corrected chi connectivity index (χ3v) is 7.06. The standard InChI is InChI=1S/C23H27N5O4S/c1-14(2)20-25-21(32-26-20)27-11-7-17(8-12-27)31-22-24-18-4-3-16(13-19(18)33-22)15-5-9-28(10-6-15)23(29)30/h3-5,13-14,17H,6-12H2,1-2H3,(H,29,30). The first kappa shape index (κ1) is 21.7. The summed E-state index contributed by atoms with van der Waals surface area (Å²) in [5.41, 5.74) is 3.22. The lowest BCUT2D eigenvalue weighted by Crippen LogP contribution is -2.38. The van der Waals surface area contributed by atoms with Crippen LogP contribution in [0.2, 0.25) is 0 Å². The lowest BCUT2D eigenvalue weighted by atomic mass is 9.99. The number of carbonyl (C=O) groups is 1. The summed E-state index contributed by atoms with van der Waals surface area (Å²) in [6.07, 6.45) is 3.70. The van der Waals surface area contributed by atoms with Gasteiger partial charge in [-0.25, -0.2) is 9.78 Å². The quantitative estimate of drug-likeness (QED) is 0.577. The maximum absolute atomic E-state index is 11.1. The van der Waals surface area contributed by atoms with E-state index in [4.69, 9.17) is 14.4 Å². The van der Waals surface area contributed by atoms with Crippen LogP contribution < -0.4 is 9.64 Å². The summed E-state index contributed by atoms with van der Waals surface area (Å²) in [5.74, 6) is 0.984. The van der Waals surface area contributed by atoms with Crippen LogP contribution in [-0.4, -0.2) is 63.5 Å². The van der Waals surface area contributed by atoms with Crippen molar-refractivity contribution in [2.45, 2.75) is 45.1 Å². The first-order chi connectivity index (χ1) is 16.0. The van der Waals surface area contributed by atoms with Gasteiger partial charge in [0.1, 0.15) is 6.10 Å². The van der Waals surface area contributed by atoms with Gasteiger partial charge in [-0.1, -0.05) is 42.5 Å². The van der Waals surface area contributed by atoms with Gasteiger partial charge in [0, 0.05) is 44.9 Å². The van der Waals surface area contributed by atoms with E-state index >= 15 is 0 Å². The van der Waals surface area contributed by atoms with Gasteiger partial charge in [0.05, 0.1) is 10.2 Å². The second kappa shape index (κ2) is 9.01. The number of benzene rings is 1. The van der Waals surface area contributed by atoms with Crippen molar-refractivity contribution >= 4 is 39.2 Å². The van der Waals surface area contributed by atoms with Gasteiger partial charge >= 0.3 is 12.1 Å². The van der Waals surface area contributed by atoms with E-state index < -0.39 is 6.09 Å². The Morgan fingerprint density at radius 2 is 2.06 bits per heavy atom. The number of amides is 1. The molecule has 2 aliphatic heterocycles. The fourth-order valence-corrected chi connectivity index (χ4v) is 5.08. The van der Waals surface area contributed by atoms with Gasteiger partial charge in [-0.15, -0.1) is 0 Å². The molecule has 33 heavy (non-hydrogen) atoms. The zero-order chi connectivity index (χ0) is 22.9. The minimum atomic E-state index is -0.867. The minimum absolute atomic E-state index is 0.108. The molecule has 1 aromatic carbocycles. The molecule has 1 saturated heterocycles. The molecule has 5 rings (SSSR count). The van der Waals surface area contributed by atoms with Crippen LogP contribution in [0.15, 0.2) is 28.8 Å². The van der Waals surface area contributed by atoms with Crippen molar-refractivity contribution in [3.63, 3.8) is 0 Å². The van der Waals surface area contributed by atoms with E-state index in [0.717, 1.165) is 54.0 Å². The molecule has 0 spiro atoms. The molecule has 0 unspecified atom stereocenters. The monoisotopic (exact) mass is 469 g/mol. The molecular weight excluding hydrogens is 442 g/mol. The van der Waals surface area contributed by atoms with Crippen LogP contribution in [0.3, 0.4) is 0 Å². The van der Waals surface area contributed by atoms with E-state index in [1.807, 2.05) is 12.1 Å². The summed E-state index contributed by atoms with van der Waals surface area (Å²) in [4.78, 5) is 23.8. The number of rotatable bonds is 5. The second-order valence-electron chi connectivity index (χ2n) is 8.76. The van der Waals surface area contributed by atoms with Crippen LogP contribution in [0.4, 0.5) is 10.8 Å². The average Bonchev–Trinajstić information content (AvgIpc) is 3.46. The molecule has 4 heterocycles. The Morgan fingerprint density at radius 1 is 1.24 bits per heavy atom. The van der Waals surface area contributed by atoms with Crippen LogP contribution in [0.5, 0.6) is 5.19 Å². The van der Waals surface area contributed by atoms with Gasteiger partial charge in [-0.05, 0) is 29.7 Å². The molecule has 0 saturated carbocycles. The molecule has 1 fully saturated rings. The molecule has 0 radical (unpaired) electrons. The van der Waals surface area contributed by atoms with Gasteiger partial charge in [0.2, 0.25) is 0 Å². The number of aromatic nitrogens is 3. The molecular formula is C23H27N5O4S. The zero-order valence-corrected chi connectivity index (χ0v) is 19.5. The van der Waals surface area contributed by atoms with Crippen molar-refractivity contribution in [2.24, 2.45) is 0 Å². The molecule has 0 aliphatic carbocycles. The molecule has 174 valence electrons. The van der Waals surface area contributed by atoms with Crippen LogP contribution in [0.1, 0.15) is 50.4 Å². The third kappa shape index (κ3) is 4.66. The summed E-state index contributed by atoms with van der Waals surface area (Å²) >= 11 is 1.56. The highest BCUT2D eigenvalue weighted by atomic mass is 32.1. The Hall–Kier alpha value is -3.14. The van der Waals surface area contributed by atoms with Crippen molar-refractivity contribution in [3.05, 3.63) is 35.7 Å². The van der Waals surface area contributed by atoms with Crippen molar-refractivity contribution in [2.75, 3.05) is 31.1 Å². The smallest absolute Gasteiger partial charge is 0.407 e. The Balaban J connectivity index is 1.21. The number of hydrogen-bond acceptors (Lipinski definition) is 8.